The van der Waals surface area contributed by atoms with Crippen molar-refractivity contribution in [3.8, 4) is 0 Å². The van der Waals surface area contributed by atoms with Crippen LogP contribution < -0.4 is 0 Å². The van der Waals surface area contributed by atoms with E-state index < -0.39 is 5.97 Å². The molecule has 1 aliphatic rings. The van der Waals surface area contributed by atoms with Gasteiger partial charge in [0.25, 0.3) is 0 Å². The quantitative estimate of drug-likeness (QED) is 0.597. The van der Waals surface area contributed by atoms with Gasteiger partial charge < -0.3 is 4.74 Å². The summed E-state index contributed by atoms with van der Waals surface area (Å²) in [5.41, 5.74) is 1.28. The van der Waals surface area contributed by atoms with E-state index in [0.717, 1.165) is 19.6 Å². The zero-order chi connectivity index (χ0) is 17.5. The van der Waals surface area contributed by atoms with Crippen molar-refractivity contribution in [3.63, 3.8) is 0 Å². The minimum Gasteiger partial charge on any atom is -0.461 e. The molecule has 130 valence electrons. The summed E-state index contributed by atoms with van der Waals surface area (Å²) in [4.78, 5) is 27.4. The highest BCUT2D eigenvalue weighted by atomic mass is 16.5. The van der Waals surface area contributed by atoms with E-state index in [0.29, 0.717) is 23.3 Å². The molecule has 0 amide bonds. The third kappa shape index (κ3) is 4.54. The fourth-order valence-corrected chi connectivity index (χ4v) is 3.13. The van der Waals surface area contributed by atoms with Gasteiger partial charge in [-0.3, -0.25) is 9.69 Å². The molecule has 0 N–H and O–H groups in total. The maximum absolute atomic E-state index is 12.7. The molecule has 25 heavy (non-hydrogen) atoms. The predicted molar refractivity (Wildman–Crippen MR) is 96.9 cm³/mol. The minimum absolute atomic E-state index is 0.163. The van der Waals surface area contributed by atoms with Gasteiger partial charge in [-0.25, -0.2) is 4.79 Å². The van der Waals surface area contributed by atoms with Crippen LogP contribution >= 0.6 is 0 Å². The topological polar surface area (TPSA) is 46.6 Å². The van der Waals surface area contributed by atoms with E-state index in [1.165, 1.54) is 19.3 Å². The van der Waals surface area contributed by atoms with Crippen LogP contribution in [0.15, 0.2) is 54.6 Å². The summed E-state index contributed by atoms with van der Waals surface area (Å²) in [5, 5.41) is 0. The summed E-state index contributed by atoms with van der Waals surface area (Å²) in [6.45, 7) is 3.24. The molecule has 1 saturated heterocycles. The third-order valence-corrected chi connectivity index (χ3v) is 4.52. The number of ketones is 1. The van der Waals surface area contributed by atoms with Crippen molar-refractivity contribution < 1.29 is 14.3 Å². The lowest BCUT2D eigenvalue weighted by Crippen LogP contribution is -2.33. The molecule has 0 bridgehead atoms. The van der Waals surface area contributed by atoms with Gasteiger partial charge in [0.05, 0.1) is 5.56 Å². The van der Waals surface area contributed by atoms with E-state index >= 15 is 0 Å². The molecule has 1 aliphatic heterocycles. The molecule has 0 aliphatic carbocycles. The Morgan fingerprint density at radius 2 is 1.48 bits per heavy atom. The number of hydrogen-bond donors (Lipinski definition) is 0. The molecule has 4 nitrogen and oxygen atoms in total. The van der Waals surface area contributed by atoms with Crippen molar-refractivity contribution >= 4 is 11.8 Å². The third-order valence-electron chi connectivity index (χ3n) is 4.52. The van der Waals surface area contributed by atoms with Crippen LogP contribution in [0.4, 0.5) is 0 Å². The zero-order valence-electron chi connectivity index (χ0n) is 14.3. The maximum Gasteiger partial charge on any atom is 0.338 e. The largest absolute Gasteiger partial charge is 0.461 e. The minimum atomic E-state index is -0.433. The van der Waals surface area contributed by atoms with Crippen LogP contribution in [0.1, 0.15) is 45.5 Å². The van der Waals surface area contributed by atoms with Crippen molar-refractivity contribution in [2.75, 3.05) is 26.2 Å². The average Bonchev–Trinajstić information content (AvgIpc) is 2.69. The summed E-state index contributed by atoms with van der Waals surface area (Å²) in [7, 11) is 0. The number of esters is 1. The van der Waals surface area contributed by atoms with Gasteiger partial charge in [0.1, 0.15) is 6.61 Å². The Morgan fingerprint density at radius 3 is 2.20 bits per heavy atom. The summed E-state index contributed by atoms with van der Waals surface area (Å²) < 4.78 is 5.42. The number of nitrogens with zero attached hydrogens (tertiary/aromatic N) is 1. The number of carbonyl (C=O) groups is 2. The number of likely N-dealkylation sites (tertiary alicyclic amines) is 1. The first-order valence-electron chi connectivity index (χ1n) is 8.84. The fourth-order valence-electron chi connectivity index (χ4n) is 3.13. The van der Waals surface area contributed by atoms with Gasteiger partial charge in [-0.1, -0.05) is 55.0 Å². The summed E-state index contributed by atoms with van der Waals surface area (Å²) >= 11 is 0. The second kappa shape index (κ2) is 8.58. The molecule has 0 saturated carbocycles. The Hall–Kier alpha value is -2.46. The number of carbonyl (C=O) groups excluding carboxylic acids is 2. The van der Waals surface area contributed by atoms with Crippen LogP contribution in [0.3, 0.4) is 0 Å². The van der Waals surface area contributed by atoms with Crippen LogP contribution in [0.2, 0.25) is 0 Å². The van der Waals surface area contributed by atoms with E-state index in [1.54, 1.807) is 36.4 Å². The number of ether oxygens (including phenoxy) is 1. The molecule has 0 atom stereocenters. The van der Waals surface area contributed by atoms with Crippen LogP contribution in [0.25, 0.3) is 0 Å². The van der Waals surface area contributed by atoms with Gasteiger partial charge in [0.15, 0.2) is 5.78 Å². The first-order valence-corrected chi connectivity index (χ1v) is 8.84. The van der Waals surface area contributed by atoms with Crippen LogP contribution in [0.5, 0.6) is 0 Å². The van der Waals surface area contributed by atoms with Crippen LogP contribution in [-0.4, -0.2) is 42.9 Å². The van der Waals surface area contributed by atoms with Gasteiger partial charge in [-0.05, 0) is 32.0 Å². The highest BCUT2D eigenvalue weighted by Crippen LogP contribution is 2.16. The molecule has 1 heterocycles. The second-order valence-corrected chi connectivity index (χ2v) is 6.28. The second-order valence-electron chi connectivity index (χ2n) is 6.28. The summed E-state index contributed by atoms with van der Waals surface area (Å²) in [5.74, 6) is -0.596. The molecule has 0 unspecified atom stereocenters. The van der Waals surface area contributed by atoms with Gasteiger partial charge >= 0.3 is 5.97 Å². The molecule has 4 heteroatoms. The maximum atomic E-state index is 12.7. The molecule has 2 aromatic carbocycles. The normalized spacial score (nSPS) is 14.9. The van der Waals surface area contributed by atoms with E-state index in [4.69, 9.17) is 4.74 Å². The molecule has 2 aromatic rings. The van der Waals surface area contributed by atoms with E-state index in [9.17, 15) is 9.59 Å². The smallest absolute Gasteiger partial charge is 0.338 e. The molecule has 0 spiro atoms. The Balaban J connectivity index is 1.65. The molecule has 1 fully saturated rings. The lowest BCUT2D eigenvalue weighted by atomic mass is 9.98. The molecular weight excluding hydrogens is 314 g/mol. The summed E-state index contributed by atoms with van der Waals surface area (Å²) in [6.07, 6.45) is 3.70. The fraction of sp³-hybridized carbons (Fsp3) is 0.333. The van der Waals surface area contributed by atoms with Crippen molar-refractivity contribution in [2.45, 2.75) is 19.3 Å². The molecule has 3 rings (SSSR count). The Morgan fingerprint density at radius 1 is 0.840 bits per heavy atom. The van der Waals surface area contributed by atoms with Crippen molar-refractivity contribution in [1.29, 1.82) is 0 Å². The van der Waals surface area contributed by atoms with E-state index in [-0.39, 0.29) is 5.78 Å². The standard InChI is InChI=1S/C21H23NO3/c23-20(17-9-3-1-4-10-17)18-11-5-6-12-19(18)21(24)25-16-15-22-13-7-2-8-14-22/h1,3-6,9-12H,2,7-8,13-16H2. The Bertz CT molecular complexity index is 721. The number of hydrogen-bond acceptors (Lipinski definition) is 4. The van der Waals surface area contributed by atoms with Crippen LogP contribution in [-0.2, 0) is 4.74 Å². The van der Waals surface area contributed by atoms with Gasteiger partial charge in [0.2, 0.25) is 0 Å². The monoisotopic (exact) mass is 337 g/mol. The van der Waals surface area contributed by atoms with Gasteiger partial charge in [-0.2, -0.15) is 0 Å². The Labute approximate surface area is 148 Å². The van der Waals surface area contributed by atoms with E-state index in [1.807, 2.05) is 18.2 Å². The first-order chi connectivity index (χ1) is 12.3. The molecule has 0 aromatic heterocycles. The summed E-state index contributed by atoms with van der Waals surface area (Å²) in [6, 6.07) is 15.8. The van der Waals surface area contributed by atoms with Crippen molar-refractivity contribution in [3.05, 3.63) is 71.3 Å². The Kier molecular flexibility index (Phi) is 5.96. The predicted octanol–water partition coefficient (Wildman–Crippen LogP) is 3.56. The lowest BCUT2D eigenvalue weighted by Gasteiger charge is -2.25. The first kappa shape index (κ1) is 17.4. The zero-order valence-corrected chi connectivity index (χ0v) is 14.3. The van der Waals surface area contributed by atoms with Gasteiger partial charge in [-0.15, -0.1) is 0 Å². The SMILES string of the molecule is O=C(OCCN1CCCCC1)c1ccccc1C(=O)c1ccccc1. The number of benzene rings is 2. The molecule has 0 radical (unpaired) electrons. The van der Waals surface area contributed by atoms with Crippen molar-refractivity contribution in [1.82, 2.24) is 4.90 Å². The highest BCUT2D eigenvalue weighted by Gasteiger charge is 2.19. The lowest BCUT2D eigenvalue weighted by molar-refractivity contribution is 0.0449. The van der Waals surface area contributed by atoms with Gasteiger partial charge in [0, 0.05) is 17.7 Å². The average molecular weight is 337 g/mol. The van der Waals surface area contributed by atoms with Crippen molar-refractivity contribution in [2.24, 2.45) is 0 Å². The van der Waals surface area contributed by atoms with E-state index in [2.05, 4.69) is 4.90 Å². The molecular formula is C21H23NO3. The van der Waals surface area contributed by atoms with Crippen LogP contribution in [0, 0.1) is 0 Å². The highest BCUT2D eigenvalue weighted by molar-refractivity contribution is 6.14. The number of rotatable bonds is 6. The number of piperidine rings is 1.